The van der Waals surface area contributed by atoms with E-state index in [2.05, 4.69) is 17.2 Å². The fraction of sp³-hybridized carbons (Fsp3) is 0.400. The molecule has 0 fully saturated rings. The second kappa shape index (κ2) is 7.59. The van der Waals surface area contributed by atoms with Gasteiger partial charge in [0.2, 0.25) is 0 Å². The highest BCUT2D eigenvalue weighted by molar-refractivity contribution is 7.15. The maximum atomic E-state index is 13.8. The van der Waals surface area contributed by atoms with Crippen LogP contribution >= 0.6 is 11.3 Å². The maximum absolute atomic E-state index is 13.8. The molecule has 0 saturated heterocycles. The summed E-state index contributed by atoms with van der Waals surface area (Å²) in [5, 5.41) is 3.77. The molecule has 0 aliphatic rings. The largest absolute Gasteiger partial charge is 0.378 e. The monoisotopic (exact) mass is 312 g/mol. The lowest BCUT2D eigenvalue weighted by Crippen LogP contribution is -2.14. The van der Waals surface area contributed by atoms with E-state index in [1.165, 1.54) is 17.4 Å². The quantitative estimate of drug-likeness (QED) is 0.791. The maximum Gasteiger partial charge on any atom is 0.133 e. The van der Waals surface area contributed by atoms with Gasteiger partial charge in [-0.25, -0.2) is 13.8 Å². The first-order valence-electron chi connectivity index (χ1n) is 6.79. The molecule has 21 heavy (non-hydrogen) atoms. The molecule has 1 aromatic carbocycles. The summed E-state index contributed by atoms with van der Waals surface area (Å²) in [7, 11) is 1.59. The van der Waals surface area contributed by atoms with Gasteiger partial charge in [-0.3, -0.25) is 0 Å². The van der Waals surface area contributed by atoms with Crippen molar-refractivity contribution in [3.63, 3.8) is 0 Å². The van der Waals surface area contributed by atoms with Gasteiger partial charge in [0.15, 0.2) is 0 Å². The van der Waals surface area contributed by atoms with E-state index < -0.39 is 11.6 Å². The van der Waals surface area contributed by atoms with Crippen molar-refractivity contribution in [2.24, 2.45) is 0 Å². The highest BCUT2D eigenvalue weighted by Gasteiger charge is 2.15. The molecule has 6 heteroatoms. The van der Waals surface area contributed by atoms with Gasteiger partial charge in [-0.05, 0) is 31.2 Å². The number of nitrogens with one attached hydrogen (secondary N) is 1. The molecule has 0 aliphatic carbocycles. The summed E-state index contributed by atoms with van der Waals surface area (Å²) >= 11 is 1.37. The lowest BCUT2D eigenvalue weighted by molar-refractivity contribution is 0.181. The van der Waals surface area contributed by atoms with Crippen LogP contribution in [0.2, 0.25) is 0 Å². The summed E-state index contributed by atoms with van der Waals surface area (Å²) in [5.74, 6) is -0.942. The fourth-order valence-electron chi connectivity index (χ4n) is 1.93. The molecule has 0 unspecified atom stereocenters. The predicted octanol–water partition coefficient (Wildman–Crippen LogP) is 3.73. The van der Waals surface area contributed by atoms with Gasteiger partial charge in [0, 0.05) is 24.1 Å². The van der Waals surface area contributed by atoms with Crippen LogP contribution in [0.5, 0.6) is 0 Å². The summed E-state index contributed by atoms with van der Waals surface area (Å²) in [5.41, 5.74) is 0.962. The van der Waals surface area contributed by atoms with Crippen LogP contribution in [0.25, 0.3) is 10.6 Å². The molecule has 1 heterocycles. The number of nitrogens with zero attached hydrogens (tertiary/aromatic N) is 1. The van der Waals surface area contributed by atoms with Crippen LogP contribution < -0.4 is 5.32 Å². The SMILES string of the molecule is CCCNCc1sc(-c2cc(F)ccc2F)nc1COC. The molecule has 0 radical (unpaired) electrons. The van der Waals surface area contributed by atoms with E-state index in [-0.39, 0.29) is 5.56 Å². The van der Waals surface area contributed by atoms with Crippen molar-refractivity contribution in [2.75, 3.05) is 13.7 Å². The Balaban J connectivity index is 2.31. The first-order chi connectivity index (χ1) is 10.2. The average molecular weight is 312 g/mol. The van der Waals surface area contributed by atoms with Crippen LogP contribution in [0, 0.1) is 11.6 Å². The topological polar surface area (TPSA) is 34.2 Å². The predicted molar refractivity (Wildman–Crippen MR) is 80.2 cm³/mol. The molecule has 0 spiro atoms. The first-order valence-corrected chi connectivity index (χ1v) is 7.61. The van der Waals surface area contributed by atoms with Gasteiger partial charge in [-0.1, -0.05) is 6.92 Å². The summed E-state index contributed by atoms with van der Waals surface area (Å²) in [6.07, 6.45) is 1.03. The van der Waals surface area contributed by atoms with Crippen molar-refractivity contribution in [1.29, 1.82) is 0 Å². The third kappa shape index (κ3) is 4.06. The van der Waals surface area contributed by atoms with Crippen molar-refractivity contribution in [2.45, 2.75) is 26.5 Å². The number of ether oxygens (including phenoxy) is 1. The fourth-order valence-corrected chi connectivity index (χ4v) is 2.98. The van der Waals surface area contributed by atoms with E-state index >= 15 is 0 Å². The van der Waals surface area contributed by atoms with E-state index in [1.807, 2.05) is 0 Å². The van der Waals surface area contributed by atoms with Crippen LogP contribution in [-0.4, -0.2) is 18.6 Å². The summed E-state index contributed by atoms with van der Waals surface area (Å²) in [4.78, 5) is 5.39. The average Bonchev–Trinajstić information content (AvgIpc) is 2.85. The molecule has 0 aliphatic heterocycles. The first kappa shape index (κ1) is 16.0. The standard InChI is InChI=1S/C15H18F2N2OS/c1-3-6-18-8-14-13(9-20-2)19-15(21-14)11-7-10(16)4-5-12(11)17/h4-5,7,18H,3,6,8-9H2,1-2H3. The Morgan fingerprint density at radius 3 is 2.86 bits per heavy atom. The zero-order chi connectivity index (χ0) is 15.2. The number of benzene rings is 1. The number of methoxy groups -OCH3 is 1. The summed E-state index contributed by atoms with van der Waals surface area (Å²) < 4.78 is 32.3. The van der Waals surface area contributed by atoms with Crippen LogP contribution in [0.4, 0.5) is 8.78 Å². The minimum absolute atomic E-state index is 0.194. The Bertz CT molecular complexity index is 601. The number of aromatic nitrogens is 1. The molecule has 0 atom stereocenters. The Kier molecular flexibility index (Phi) is 5.78. The minimum atomic E-state index is -0.472. The van der Waals surface area contributed by atoms with Crippen molar-refractivity contribution < 1.29 is 13.5 Å². The third-order valence-electron chi connectivity index (χ3n) is 2.93. The van der Waals surface area contributed by atoms with Crippen LogP contribution in [-0.2, 0) is 17.9 Å². The van der Waals surface area contributed by atoms with Crippen molar-refractivity contribution in [3.05, 3.63) is 40.4 Å². The minimum Gasteiger partial charge on any atom is -0.378 e. The van der Waals surface area contributed by atoms with Gasteiger partial charge in [0.1, 0.15) is 16.6 Å². The molecule has 0 amide bonds. The number of halogens is 2. The zero-order valence-electron chi connectivity index (χ0n) is 12.1. The van der Waals surface area contributed by atoms with Crippen LogP contribution in [0.1, 0.15) is 23.9 Å². The Labute approximate surface area is 127 Å². The number of thiazole rings is 1. The van der Waals surface area contributed by atoms with Gasteiger partial charge in [-0.15, -0.1) is 11.3 Å². The Morgan fingerprint density at radius 1 is 1.33 bits per heavy atom. The normalized spacial score (nSPS) is 11.0. The van der Waals surface area contributed by atoms with Gasteiger partial charge in [-0.2, -0.15) is 0 Å². The molecular weight excluding hydrogens is 294 g/mol. The number of hydrogen-bond acceptors (Lipinski definition) is 4. The second-order valence-corrected chi connectivity index (χ2v) is 5.71. The molecule has 3 nitrogen and oxygen atoms in total. The molecule has 2 rings (SSSR count). The lowest BCUT2D eigenvalue weighted by Gasteiger charge is -2.02. The van der Waals surface area contributed by atoms with Crippen molar-refractivity contribution >= 4 is 11.3 Å². The lowest BCUT2D eigenvalue weighted by atomic mass is 10.2. The highest BCUT2D eigenvalue weighted by atomic mass is 32.1. The molecule has 2 aromatic rings. The molecular formula is C15H18F2N2OS. The van der Waals surface area contributed by atoms with E-state index in [9.17, 15) is 8.78 Å². The number of rotatable bonds is 7. The molecule has 1 N–H and O–H groups in total. The highest BCUT2D eigenvalue weighted by Crippen LogP contribution is 2.31. The van der Waals surface area contributed by atoms with E-state index in [0.717, 1.165) is 35.7 Å². The number of hydrogen-bond donors (Lipinski definition) is 1. The second-order valence-electron chi connectivity index (χ2n) is 4.62. The smallest absolute Gasteiger partial charge is 0.133 e. The zero-order valence-corrected chi connectivity index (χ0v) is 12.9. The Hall–Kier alpha value is -1.37. The van der Waals surface area contributed by atoms with Gasteiger partial charge in [0.25, 0.3) is 0 Å². The van der Waals surface area contributed by atoms with Crippen molar-refractivity contribution in [3.8, 4) is 10.6 Å². The van der Waals surface area contributed by atoms with Gasteiger partial charge >= 0.3 is 0 Å². The van der Waals surface area contributed by atoms with Gasteiger partial charge in [0.05, 0.1) is 12.3 Å². The Morgan fingerprint density at radius 2 is 2.14 bits per heavy atom. The van der Waals surface area contributed by atoms with Crippen LogP contribution in [0.15, 0.2) is 18.2 Å². The van der Waals surface area contributed by atoms with E-state index in [4.69, 9.17) is 4.74 Å². The third-order valence-corrected chi connectivity index (χ3v) is 4.06. The van der Waals surface area contributed by atoms with E-state index in [0.29, 0.717) is 18.2 Å². The van der Waals surface area contributed by atoms with E-state index in [1.54, 1.807) is 7.11 Å². The molecule has 0 saturated carbocycles. The summed E-state index contributed by atoms with van der Waals surface area (Å²) in [6, 6.07) is 3.40. The van der Waals surface area contributed by atoms with Crippen LogP contribution in [0.3, 0.4) is 0 Å². The molecule has 114 valence electrons. The van der Waals surface area contributed by atoms with Crippen molar-refractivity contribution in [1.82, 2.24) is 10.3 Å². The van der Waals surface area contributed by atoms with Gasteiger partial charge < -0.3 is 10.1 Å². The molecule has 1 aromatic heterocycles. The summed E-state index contributed by atoms with van der Waals surface area (Å²) in [6.45, 7) is 4.00. The molecule has 0 bridgehead atoms.